The predicted molar refractivity (Wildman–Crippen MR) is 107 cm³/mol. The second-order valence-corrected chi connectivity index (χ2v) is 8.19. The number of anilines is 1. The number of carbonyl (C=O) groups excluding carboxylic acids is 1. The summed E-state index contributed by atoms with van der Waals surface area (Å²) in [5, 5.41) is 19.7. The Morgan fingerprint density at radius 2 is 2.03 bits per heavy atom. The summed E-state index contributed by atoms with van der Waals surface area (Å²) in [6, 6.07) is 13.0. The van der Waals surface area contributed by atoms with E-state index in [2.05, 4.69) is 20.8 Å². The first-order chi connectivity index (χ1) is 13.9. The first-order valence-electron chi connectivity index (χ1n) is 8.44. The van der Waals surface area contributed by atoms with Gasteiger partial charge in [0.25, 0.3) is 0 Å². The normalized spacial score (nSPS) is 11.2. The first kappa shape index (κ1) is 20.8. The van der Waals surface area contributed by atoms with Gasteiger partial charge in [-0.25, -0.2) is 13.6 Å². The van der Waals surface area contributed by atoms with Crippen molar-refractivity contribution in [3.05, 3.63) is 48.5 Å². The summed E-state index contributed by atoms with van der Waals surface area (Å²) in [6.45, 7) is 2.36. The molecule has 0 aliphatic carbocycles. The number of carbonyl (C=O) groups is 1. The van der Waals surface area contributed by atoms with Gasteiger partial charge in [0.1, 0.15) is 11.4 Å². The molecule has 0 saturated carbocycles. The number of para-hydroxylation sites is 2. The van der Waals surface area contributed by atoms with Gasteiger partial charge >= 0.3 is 0 Å². The summed E-state index contributed by atoms with van der Waals surface area (Å²) in [4.78, 5) is 12.2. The van der Waals surface area contributed by atoms with Crippen LogP contribution >= 0.6 is 11.8 Å². The van der Waals surface area contributed by atoms with Crippen LogP contribution in [-0.2, 0) is 14.8 Å². The van der Waals surface area contributed by atoms with Crippen molar-refractivity contribution in [2.45, 2.75) is 17.0 Å². The average Bonchev–Trinajstić information content (AvgIpc) is 3.15. The fourth-order valence-corrected chi connectivity index (χ4v) is 3.65. The molecule has 0 atom stereocenters. The van der Waals surface area contributed by atoms with Gasteiger partial charge in [-0.2, -0.15) is 4.68 Å². The summed E-state index contributed by atoms with van der Waals surface area (Å²) in [5.74, 6) is 0.277. The van der Waals surface area contributed by atoms with Crippen molar-refractivity contribution in [3.63, 3.8) is 0 Å². The lowest BCUT2D eigenvalue weighted by Gasteiger charge is -2.10. The molecule has 0 bridgehead atoms. The molecule has 0 saturated heterocycles. The molecule has 152 valence electrons. The Morgan fingerprint density at radius 1 is 1.24 bits per heavy atom. The van der Waals surface area contributed by atoms with Crippen molar-refractivity contribution in [2.24, 2.45) is 5.14 Å². The van der Waals surface area contributed by atoms with Crippen LogP contribution in [-0.4, -0.2) is 46.9 Å². The molecule has 0 fully saturated rings. The first-order valence-corrected chi connectivity index (χ1v) is 11.0. The van der Waals surface area contributed by atoms with E-state index < -0.39 is 10.0 Å². The second kappa shape index (κ2) is 9.03. The van der Waals surface area contributed by atoms with Crippen molar-refractivity contribution in [2.75, 3.05) is 17.7 Å². The van der Waals surface area contributed by atoms with E-state index in [-0.39, 0.29) is 16.6 Å². The van der Waals surface area contributed by atoms with E-state index in [0.29, 0.717) is 28.9 Å². The summed E-state index contributed by atoms with van der Waals surface area (Å²) in [7, 11) is -3.85. The van der Waals surface area contributed by atoms with Gasteiger partial charge in [0, 0.05) is 5.69 Å². The van der Waals surface area contributed by atoms with E-state index in [1.54, 1.807) is 12.1 Å². The minimum Gasteiger partial charge on any atom is -0.492 e. The lowest BCUT2D eigenvalue weighted by Crippen LogP contribution is -2.16. The SMILES string of the molecule is CCOc1ccccc1-n1nnnc1SCC(=O)Nc1cccc(S(N)(=O)=O)c1. The third-order valence-corrected chi connectivity index (χ3v) is 5.44. The Kier molecular flexibility index (Phi) is 6.46. The predicted octanol–water partition coefficient (Wildman–Crippen LogP) is 1.44. The maximum absolute atomic E-state index is 12.3. The fourth-order valence-electron chi connectivity index (χ4n) is 2.41. The van der Waals surface area contributed by atoms with Gasteiger partial charge in [0.2, 0.25) is 21.1 Å². The Morgan fingerprint density at radius 3 is 2.79 bits per heavy atom. The molecule has 0 spiro atoms. The van der Waals surface area contributed by atoms with Crippen LogP contribution in [0.4, 0.5) is 5.69 Å². The molecule has 1 amide bonds. The highest BCUT2D eigenvalue weighted by Gasteiger charge is 2.15. The van der Waals surface area contributed by atoms with Crippen LogP contribution in [0, 0.1) is 0 Å². The summed E-state index contributed by atoms with van der Waals surface area (Å²) < 4.78 is 29.9. The number of hydrogen-bond acceptors (Lipinski definition) is 8. The monoisotopic (exact) mass is 434 g/mol. The van der Waals surface area contributed by atoms with Gasteiger partial charge in [-0.15, -0.1) is 5.10 Å². The summed E-state index contributed by atoms with van der Waals surface area (Å²) >= 11 is 1.13. The van der Waals surface area contributed by atoms with Crippen LogP contribution in [0.25, 0.3) is 5.69 Å². The standard InChI is InChI=1S/C17H18N6O4S2/c1-2-27-15-9-4-3-8-14(15)23-17(20-21-22-23)28-11-16(24)19-12-6-5-7-13(10-12)29(18,25)26/h3-10H,2,11H2,1H3,(H,19,24)(H2,18,25,26). The number of primary sulfonamides is 1. The third kappa shape index (κ3) is 5.31. The Labute approximate surface area is 171 Å². The van der Waals surface area contributed by atoms with Crippen LogP contribution in [0.5, 0.6) is 5.75 Å². The van der Waals surface area contributed by atoms with Crippen molar-refractivity contribution in [1.82, 2.24) is 20.2 Å². The molecular formula is C17H18N6O4S2. The van der Waals surface area contributed by atoms with Gasteiger partial charge < -0.3 is 10.1 Å². The average molecular weight is 435 g/mol. The highest BCUT2D eigenvalue weighted by atomic mass is 32.2. The van der Waals surface area contributed by atoms with Gasteiger partial charge in [-0.3, -0.25) is 4.79 Å². The number of benzene rings is 2. The molecule has 0 aliphatic rings. The smallest absolute Gasteiger partial charge is 0.238 e. The molecule has 3 N–H and O–H groups in total. The number of sulfonamides is 1. The maximum Gasteiger partial charge on any atom is 0.238 e. The fraction of sp³-hybridized carbons (Fsp3) is 0.176. The molecule has 2 aromatic carbocycles. The number of nitrogens with one attached hydrogen (secondary N) is 1. The number of tetrazole rings is 1. The van der Waals surface area contributed by atoms with Crippen LogP contribution in [0.15, 0.2) is 58.6 Å². The Bertz CT molecular complexity index is 1120. The lowest BCUT2D eigenvalue weighted by molar-refractivity contribution is -0.113. The lowest BCUT2D eigenvalue weighted by atomic mass is 10.3. The van der Waals surface area contributed by atoms with Crippen LogP contribution < -0.4 is 15.2 Å². The number of nitrogens with zero attached hydrogens (tertiary/aromatic N) is 4. The van der Waals surface area contributed by atoms with Gasteiger partial charge in [0.15, 0.2) is 0 Å². The van der Waals surface area contributed by atoms with Crippen molar-refractivity contribution in [3.8, 4) is 11.4 Å². The van der Waals surface area contributed by atoms with E-state index in [1.807, 2.05) is 25.1 Å². The largest absolute Gasteiger partial charge is 0.492 e. The summed E-state index contributed by atoms with van der Waals surface area (Å²) in [5.41, 5.74) is 0.978. The number of rotatable bonds is 8. The van der Waals surface area contributed by atoms with Crippen molar-refractivity contribution >= 4 is 33.4 Å². The van der Waals surface area contributed by atoms with E-state index in [0.717, 1.165) is 11.8 Å². The molecule has 12 heteroatoms. The number of hydrogen-bond donors (Lipinski definition) is 2. The molecule has 3 rings (SSSR count). The zero-order chi connectivity index (χ0) is 20.9. The Hall–Kier alpha value is -2.96. The van der Waals surface area contributed by atoms with Gasteiger partial charge in [-0.05, 0) is 47.7 Å². The zero-order valence-electron chi connectivity index (χ0n) is 15.3. The molecule has 1 heterocycles. The van der Waals surface area contributed by atoms with Gasteiger partial charge in [0.05, 0.1) is 17.3 Å². The quantitative estimate of drug-likeness (QED) is 0.507. The second-order valence-electron chi connectivity index (χ2n) is 5.68. The van der Waals surface area contributed by atoms with E-state index in [9.17, 15) is 13.2 Å². The number of nitrogens with two attached hydrogens (primary N) is 1. The van der Waals surface area contributed by atoms with Crippen LogP contribution in [0.1, 0.15) is 6.92 Å². The van der Waals surface area contributed by atoms with E-state index >= 15 is 0 Å². The van der Waals surface area contributed by atoms with Gasteiger partial charge in [-0.1, -0.05) is 30.0 Å². The molecule has 1 aromatic heterocycles. The van der Waals surface area contributed by atoms with E-state index in [4.69, 9.17) is 9.88 Å². The molecular weight excluding hydrogens is 416 g/mol. The number of aromatic nitrogens is 4. The molecule has 0 aliphatic heterocycles. The van der Waals surface area contributed by atoms with Crippen molar-refractivity contribution in [1.29, 1.82) is 0 Å². The highest BCUT2D eigenvalue weighted by Crippen LogP contribution is 2.26. The minimum absolute atomic E-state index is 0.0107. The van der Waals surface area contributed by atoms with Crippen molar-refractivity contribution < 1.29 is 17.9 Å². The molecule has 0 radical (unpaired) electrons. The number of thioether (sulfide) groups is 1. The van der Waals surface area contributed by atoms with Crippen LogP contribution in [0.2, 0.25) is 0 Å². The summed E-state index contributed by atoms with van der Waals surface area (Å²) in [6.07, 6.45) is 0. The number of amides is 1. The Balaban J connectivity index is 1.69. The van der Waals surface area contributed by atoms with Crippen LogP contribution in [0.3, 0.4) is 0 Å². The minimum atomic E-state index is -3.85. The molecule has 3 aromatic rings. The number of ether oxygens (including phenoxy) is 1. The molecule has 10 nitrogen and oxygen atoms in total. The molecule has 29 heavy (non-hydrogen) atoms. The zero-order valence-corrected chi connectivity index (χ0v) is 17.0. The topological polar surface area (TPSA) is 142 Å². The third-order valence-electron chi connectivity index (χ3n) is 3.61. The maximum atomic E-state index is 12.3. The highest BCUT2D eigenvalue weighted by molar-refractivity contribution is 7.99. The molecule has 0 unspecified atom stereocenters. The van der Waals surface area contributed by atoms with E-state index in [1.165, 1.54) is 22.9 Å².